The molecule has 1 N–H and O–H groups in total. The maximum absolute atomic E-state index is 13.4. The average Bonchev–Trinajstić information content (AvgIpc) is 3.34. The molecule has 6 nitrogen and oxygen atoms in total. The SMILES string of the molecule is CCn1cc(CN2C[C@@H](C(=O)NCc3cc(F)cc(F)c3)C[C@H]3OCC[C@H]32)cn1. The van der Waals surface area contributed by atoms with Gasteiger partial charge in [0, 0.05) is 56.7 Å². The number of aryl methyl sites for hydroxylation is 1. The van der Waals surface area contributed by atoms with E-state index in [4.69, 9.17) is 4.74 Å². The molecule has 2 aromatic rings. The van der Waals surface area contributed by atoms with Crippen LogP contribution in [0, 0.1) is 17.6 Å². The summed E-state index contributed by atoms with van der Waals surface area (Å²) in [5, 5.41) is 7.16. The summed E-state index contributed by atoms with van der Waals surface area (Å²) < 4.78 is 34.5. The van der Waals surface area contributed by atoms with E-state index in [1.807, 2.05) is 24.0 Å². The number of ether oxygens (including phenoxy) is 1. The molecule has 156 valence electrons. The standard InChI is InChI=1S/C21H26F2N4O2/c1-2-27-12-15(10-25-27)11-26-13-16(7-20-19(26)3-4-29-20)21(28)24-9-14-5-17(22)8-18(23)6-14/h5-6,8,10,12,16,19-20H,2-4,7,9,11,13H2,1H3,(H,24,28)/t16-,19+,20+/m0/s1. The summed E-state index contributed by atoms with van der Waals surface area (Å²) in [5.41, 5.74) is 1.53. The largest absolute Gasteiger partial charge is 0.377 e. The molecular formula is C21H26F2N4O2. The summed E-state index contributed by atoms with van der Waals surface area (Å²) in [6.07, 6.45) is 5.57. The molecule has 2 aliphatic rings. The van der Waals surface area contributed by atoms with Crippen LogP contribution in [0.5, 0.6) is 0 Å². The minimum Gasteiger partial charge on any atom is -0.377 e. The molecule has 0 unspecified atom stereocenters. The Labute approximate surface area is 168 Å². The monoisotopic (exact) mass is 404 g/mol. The normalized spacial score (nSPS) is 24.4. The van der Waals surface area contributed by atoms with Gasteiger partial charge in [0.25, 0.3) is 0 Å². The van der Waals surface area contributed by atoms with Gasteiger partial charge in [-0.1, -0.05) is 0 Å². The highest BCUT2D eigenvalue weighted by molar-refractivity contribution is 5.79. The van der Waals surface area contributed by atoms with E-state index in [1.165, 1.54) is 12.1 Å². The third-order valence-electron chi connectivity index (χ3n) is 5.77. The van der Waals surface area contributed by atoms with E-state index in [0.29, 0.717) is 31.2 Å². The van der Waals surface area contributed by atoms with Gasteiger partial charge in [0.05, 0.1) is 18.2 Å². The van der Waals surface area contributed by atoms with E-state index in [-0.39, 0.29) is 24.5 Å². The number of nitrogens with zero attached hydrogens (tertiary/aromatic N) is 3. The minimum atomic E-state index is -0.645. The van der Waals surface area contributed by atoms with E-state index in [9.17, 15) is 13.6 Å². The molecular weight excluding hydrogens is 378 g/mol. The molecule has 1 aromatic carbocycles. The molecule has 0 bridgehead atoms. The Kier molecular flexibility index (Phi) is 5.91. The van der Waals surface area contributed by atoms with Gasteiger partial charge in [-0.3, -0.25) is 14.4 Å². The molecule has 4 rings (SSSR count). The van der Waals surface area contributed by atoms with E-state index in [2.05, 4.69) is 15.3 Å². The molecule has 2 aliphatic heterocycles. The lowest BCUT2D eigenvalue weighted by Crippen LogP contribution is -2.52. The molecule has 0 saturated carbocycles. The van der Waals surface area contributed by atoms with Crippen molar-refractivity contribution in [2.75, 3.05) is 13.2 Å². The van der Waals surface area contributed by atoms with Crippen molar-refractivity contribution in [3.63, 3.8) is 0 Å². The lowest BCUT2D eigenvalue weighted by atomic mass is 9.89. The zero-order chi connectivity index (χ0) is 20.4. The number of benzene rings is 1. The highest BCUT2D eigenvalue weighted by Crippen LogP contribution is 2.32. The summed E-state index contributed by atoms with van der Waals surface area (Å²) in [4.78, 5) is 15.1. The molecule has 0 aliphatic carbocycles. The Morgan fingerprint density at radius 3 is 2.79 bits per heavy atom. The number of halogens is 2. The Morgan fingerprint density at radius 2 is 2.07 bits per heavy atom. The second kappa shape index (κ2) is 8.59. The second-order valence-corrected chi connectivity index (χ2v) is 7.83. The van der Waals surface area contributed by atoms with Gasteiger partial charge in [-0.2, -0.15) is 5.10 Å². The van der Waals surface area contributed by atoms with Crippen molar-refractivity contribution < 1.29 is 18.3 Å². The molecule has 1 aromatic heterocycles. The topological polar surface area (TPSA) is 59.4 Å². The quantitative estimate of drug-likeness (QED) is 0.804. The number of amides is 1. The highest BCUT2D eigenvalue weighted by atomic mass is 19.1. The van der Waals surface area contributed by atoms with Crippen LogP contribution in [0.1, 0.15) is 30.9 Å². The summed E-state index contributed by atoms with van der Waals surface area (Å²) in [6, 6.07) is 3.60. The van der Waals surface area contributed by atoms with E-state index in [0.717, 1.165) is 31.1 Å². The average molecular weight is 404 g/mol. The molecule has 1 amide bonds. The number of fused-ring (bicyclic) bond motifs is 1. The van der Waals surface area contributed by atoms with Gasteiger partial charge in [-0.05, 0) is 37.5 Å². The van der Waals surface area contributed by atoms with Crippen LogP contribution >= 0.6 is 0 Å². The Hall–Kier alpha value is -2.32. The van der Waals surface area contributed by atoms with Crippen molar-refractivity contribution in [1.82, 2.24) is 20.0 Å². The summed E-state index contributed by atoms with van der Waals surface area (Å²) >= 11 is 0. The summed E-state index contributed by atoms with van der Waals surface area (Å²) in [5.74, 6) is -1.63. The maximum atomic E-state index is 13.4. The van der Waals surface area contributed by atoms with Crippen LogP contribution in [-0.2, 0) is 29.2 Å². The van der Waals surface area contributed by atoms with Crippen molar-refractivity contribution in [3.8, 4) is 0 Å². The van der Waals surface area contributed by atoms with Crippen LogP contribution in [-0.4, -0.2) is 45.9 Å². The first-order valence-electron chi connectivity index (χ1n) is 10.1. The van der Waals surface area contributed by atoms with Gasteiger partial charge in [0.15, 0.2) is 0 Å². The van der Waals surface area contributed by atoms with Crippen molar-refractivity contribution in [2.45, 2.75) is 51.5 Å². The number of hydrogen-bond donors (Lipinski definition) is 1. The van der Waals surface area contributed by atoms with Crippen molar-refractivity contribution in [1.29, 1.82) is 0 Å². The molecule has 2 fully saturated rings. The number of rotatable bonds is 6. The second-order valence-electron chi connectivity index (χ2n) is 7.83. The fraction of sp³-hybridized carbons (Fsp3) is 0.524. The molecule has 2 saturated heterocycles. The van der Waals surface area contributed by atoms with Crippen molar-refractivity contribution in [2.24, 2.45) is 5.92 Å². The van der Waals surface area contributed by atoms with Crippen molar-refractivity contribution >= 4 is 5.91 Å². The third-order valence-corrected chi connectivity index (χ3v) is 5.77. The van der Waals surface area contributed by atoms with Gasteiger partial charge in [-0.25, -0.2) is 8.78 Å². The first kappa shape index (κ1) is 20.0. The van der Waals surface area contributed by atoms with Gasteiger partial charge < -0.3 is 10.1 Å². The van der Waals surface area contributed by atoms with Crippen LogP contribution in [0.3, 0.4) is 0 Å². The Balaban J connectivity index is 1.40. The Morgan fingerprint density at radius 1 is 1.28 bits per heavy atom. The van der Waals surface area contributed by atoms with Gasteiger partial charge in [0.1, 0.15) is 11.6 Å². The third kappa shape index (κ3) is 4.64. The minimum absolute atomic E-state index is 0.0346. The molecule has 3 atom stereocenters. The Bertz CT molecular complexity index is 852. The summed E-state index contributed by atoms with van der Waals surface area (Å²) in [6.45, 7) is 5.03. The lowest BCUT2D eigenvalue weighted by Gasteiger charge is -2.40. The zero-order valence-electron chi connectivity index (χ0n) is 16.5. The van der Waals surface area contributed by atoms with E-state index in [1.54, 1.807) is 0 Å². The smallest absolute Gasteiger partial charge is 0.224 e. The lowest BCUT2D eigenvalue weighted by molar-refractivity contribution is -0.130. The number of hydrogen-bond acceptors (Lipinski definition) is 4. The van der Waals surface area contributed by atoms with Gasteiger partial charge >= 0.3 is 0 Å². The number of carbonyl (C=O) groups excluding carboxylic acids is 1. The predicted octanol–water partition coefficient (Wildman–Crippen LogP) is 2.48. The zero-order valence-corrected chi connectivity index (χ0v) is 16.5. The van der Waals surface area contributed by atoms with E-state index >= 15 is 0 Å². The fourth-order valence-electron chi connectivity index (χ4n) is 4.37. The number of aromatic nitrogens is 2. The van der Waals surface area contributed by atoms with E-state index < -0.39 is 11.6 Å². The number of likely N-dealkylation sites (tertiary alicyclic amines) is 1. The van der Waals surface area contributed by atoms with Crippen LogP contribution in [0.25, 0.3) is 0 Å². The van der Waals surface area contributed by atoms with Crippen LogP contribution < -0.4 is 5.32 Å². The molecule has 29 heavy (non-hydrogen) atoms. The van der Waals surface area contributed by atoms with Crippen LogP contribution in [0.4, 0.5) is 8.78 Å². The summed E-state index contributed by atoms with van der Waals surface area (Å²) in [7, 11) is 0. The van der Waals surface area contributed by atoms with Crippen molar-refractivity contribution in [3.05, 3.63) is 53.4 Å². The number of carbonyl (C=O) groups is 1. The molecule has 0 radical (unpaired) electrons. The number of piperidine rings is 1. The predicted molar refractivity (Wildman–Crippen MR) is 103 cm³/mol. The molecule has 8 heteroatoms. The first-order valence-corrected chi connectivity index (χ1v) is 10.1. The highest BCUT2D eigenvalue weighted by Gasteiger charge is 2.42. The first-order chi connectivity index (χ1) is 14.0. The maximum Gasteiger partial charge on any atom is 0.224 e. The molecule has 3 heterocycles. The number of nitrogens with one attached hydrogen (secondary N) is 1. The van der Waals surface area contributed by atoms with Crippen LogP contribution in [0.2, 0.25) is 0 Å². The van der Waals surface area contributed by atoms with Gasteiger partial charge in [0.2, 0.25) is 5.91 Å². The molecule has 0 spiro atoms. The van der Waals surface area contributed by atoms with Gasteiger partial charge in [-0.15, -0.1) is 0 Å². The van der Waals surface area contributed by atoms with Crippen LogP contribution in [0.15, 0.2) is 30.6 Å². The fourth-order valence-corrected chi connectivity index (χ4v) is 4.37.